The zero-order valence-electron chi connectivity index (χ0n) is 17.3. The Morgan fingerprint density at radius 1 is 0.968 bits per heavy atom. The quantitative estimate of drug-likeness (QED) is 0.642. The largest absolute Gasteiger partial charge is 0.485 e. The molecule has 0 radical (unpaired) electrons. The number of piperazine rings is 1. The molecule has 160 valence electrons. The van der Waals surface area contributed by atoms with Gasteiger partial charge in [0.15, 0.2) is 11.5 Å². The van der Waals surface area contributed by atoms with E-state index in [9.17, 15) is 4.79 Å². The van der Waals surface area contributed by atoms with Crippen molar-refractivity contribution in [2.24, 2.45) is 0 Å². The highest BCUT2D eigenvalue weighted by Gasteiger charge is 2.34. The fourth-order valence-electron chi connectivity index (χ4n) is 3.93. The van der Waals surface area contributed by atoms with Gasteiger partial charge in [0.25, 0.3) is 5.91 Å². The maximum atomic E-state index is 12.9. The summed E-state index contributed by atoms with van der Waals surface area (Å²) in [6.45, 7) is 4.96. The topological polar surface area (TPSA) is 80.9 Å². The number of carbonyl (C=O) groups excluding carboxylic acids is 1. The Kier molecular flexibility index (Phi) is 5.30. The standard InChI is InChI=1S/C23H24N4O4/c1-16(21-24-25-22(31-21)17-7-3-2-4-8-17)26-11-13-27(14-12-26)23(28)20-15-29-18-9-5-6-10-19(18)30-20/h2-10,16,20H,11-15H2,1H3/t16-,20-/m0/s1. The van der Waals surface area contributed by atoms with Crippen molar-refractivity contribution in [3.63, 3.8) is 0 Å². The molecule has 8 nitrogen and oxygen atoms in total. The predicted molar refractivity (Wildman–Crippen MR) is 113 cm³/mol. The van der Waals surface area contributed by atoms with Gasteiger partial charge >= 0.3 is 0 Å². The molecule has 0 spiro atoms. The highest BCUT2D eigenvalue weighted by molar-refractivity contribution is 5.82. The minimum atomic E-state index is -0.608. The molecular weight excluding hydrogens is 396 g/mol. The second-order valence-corrected chi connectivity index (χ2v) is 7.71. The van der Waals surface area contributed by atoms with E-state index in [1.165, 1.54) is 0 Å². The molecule has 1 saturated heterocycles. The van der Waals surface area contributed by atoms with Crippen LogP contribution in [0.5, 0.6) is 11.5 Å². The van der Waals surface area contributed by atoms with Gasteiger partial charge in [-0.3, -0.25) is 9.69 Å². The van der Waals surface area contributed by atoms with E-state index >= 15 is 0 Å². The summed E-state index contributed by atoms with van der Waals surface area (Å²) in [4.78, 5) is 17.0. The number of hydrogen-bond acceptors (Lipinski definition) is 7. The molecule has 1 aromatic heterocycles. The summed E-state index contributed by atoms with van der Waals surface area (Å²) in [5, 5.41) is 8.43. The second-order valence-electron chi connectivity index (χ2n) is 7.71. The van der Waals surface area contributed by atoms with E-state index in [-0.39, 0.29) is 18.6 Å². The maximum Gasteiger partial charge on any atom is 0.267 e. The molecule has 2 aliphatic heterocycles. The number of nitrogens with zero attached hydrogens (tertiary/aromatic N) is 4. The van der Waals surface area contributed by atoms with Crippen molar-refractivity contribution < 1.29 is 18.7 Å². The summed E-state index contributed by atoms with van der Waals surface area (Å²) in [5.41, 5.74) is 0.903. The van der Waals surface area contributed by atoms with E-state index < -0.39 is 6.10 Å². The Balaban J connectivity index is 1.18. The molecule has 0 bridgehead atoms. The summed E-state index contributed by atoms with van der Waals surface area (Å²) in [6.07, 6.45) is -0.608. The van der Waals surface area contributed by atoms with Gasteiger partial charge in [0.1, 0.15) is 6.61 Å². The van der Waals surface area contributed by atoms with Crippen LogP contribution in [0, 0.1) is 0 Å². The van der Waals surface area contributed by atoms with Crippen molar-refractivity contribution in [3.05, 3.63) is 60.5 Å². The number of hydrogen-bond donors (Lipinski definition) is 0. The van der Waals surface area contributed by atoms with Gasteiger partial charge in [-0.2, -0.15) is 0 Å². The van der Waals surface area contributed by atoms with Crippen LogP contribution in [0.15, 0.2) is 59.0 Å². The molecule has 1 amide bonds. The molecule has 2 aromatic carbocycles. The van der Waals surface area contributed by atoms with E-state index in [0.717, 1.165) is 18.7 Å². The van der Waals surface area contributed by atoms with E-state index in [0.29, 0.717) is 36.4 Å². The summed E-state index contributed by atoms with van der Waals surface area (Å²) in [6, 6.07) is 17.1. The van der Waals surface area contributed by atoms with Crippen LogP contribution in [0.2, 0.25) is 0 Å². The number of rotatable bonds is 4. The Morgan fingerprint density at radius 2 is 1.68 bits per heavy atom. The molecule has 0 unspecified atom stereocenters. The first-order chi connectivity index (χ1) is 15.2. The number of aromatic nitrogens is 2. The van der Waals surface area contributed by atoms with E-state index in [2.05, 4.69) is 22.0 Å². The van der Waals surface area contributed by atoms with Gasteiger partial charge in [-0.15, -0.1) is 10.2 Å². The lowest BCUT2D eigenvalue weighted by Gasteiger charge is -2.38. The van der Waals surface area contributed by atoms with E-state index in [4.69, 9.17) is 13.9 Å². The average molecular weight is 420 g/mol. The number of benzene rings is 2. The lowest BCUT2D eigenvalue weighted by molar-refractivity contribution is -0.143. The second kappa shape index (κ2) is 8.39. The molecule has 3 aromatic rings. The zero-order valence-corrected chi connectivity index (χ0v) is 17.3. The molecule has 2 atom stereocenters. The molecule has 2 aliphatic rings. The average Bonchev–Trinajstić information content (AvgIpc) is 3.34. The van der Waals surface area contributed by atoms with Crippen LogP contribution >= 0.6 is 0 Å². The van der Waals surface area contributed by atoms with E-state index in [1.54, 1.807) is 0 Å². The van der Waals surface area contributed by atoms with Crippen molar-refractivity contribution in [1.29, 1.82) is 0 Å². The van der Waals surface area contributed by atoms with Crippen LogP contribution < -0.4 is 9.47 Å². The van der Waals surface area contributed by atoms with Gasteiger partial charge in [0.2, 0.25) is 17.9 Å². The van der Waals surface area contributed by atoms with Gasteiger partial charge in [-0.05, 0) is 31.2 Å². The first kappa shape index (κ1) is 19.6. The lowest BCUT2D eigenvalue weighted by atomic mass is 10.2. The fraction of sp³-hybridized carbons (Fsp3) is 0.348. The molecule has 0 aliphatic carbocycles. The van der Waals surface area contributed by atoms with Crippen molar-refractivity contribution >= 4 is 5.91 Å². The summed E-state index contributed by atoms with van der Waals surface area (Å²) >= 11 is 0. The predicted octanol–water partition coefficient (Wildman–Crippen LogP) is 2.78. The number of fused-ring (bicyclic) bond motifs is 1. The summed E-state index contributed by atoms with van der Waals surface area (Å²) in [5.74, 6) is 2.36. The molecule has 3 heterocycles. The van der Waals surface area contributed by atoms with Gasteiger partial charge in [0, 0.05) is 31.7 Å². The SMILES string of the molecule is C[C@@H](c1nnc(-c2ccccc2)o1)N1CCN(C(=O)[C@@H]2COc3ccccc3O2)CC1. The van der Waals surface area contributed by atoms with Crippen molar-refractivity contribution in [2.45, 2.75) is 19.1 Å². The lowest BCUT2D eigenvalue weighted by Crippen LogP contribution is -2.54. The third-order valence-corrected chi connectivity index (χ3v) is 5.78. The van der Waals surface area contributed by atoms with Gasteiger partial charge in [0.05, 0.1) is 6.04 Å². The molecule has 5 rings (SSSR count). The Hall–Kier alpha value is -3.39. The Labute approximate surface area is 180 Å². The highest BCUT2D eigenvalue weighted by atomic mass is 16.6. The Morgan fingerprint density at radius 3 is 2.45 bits per heavy atom. The van der Waals surface area contributed by atoms with Crippen molar-refractivity contribution in [3.8, 4) is 23.0 Å². The highest BCUT2D eigenvalue weighted by Crippen LogP contribution is 2.31. The maximum absolute atomic E-state index is 12.9. The Bertz CT molecular complexity index is 1050. The molecular formula is C23H24N4O4. The summed E-state index contributed by atoms with van der Waals surface area (Å²) < 4.78 is 17.5. The molecule has 0 N–H and O–H groups in total. The van der Waals surface area contributed by atoms with Crippen LogP contribution in [0.25, 0.3) is 11.5 Å². The van der Waals surface area contributed by atoms with Crippen molar-refractivity contribution in [1.82, 2.24) is 20.0 Å². The number of carbonyl (C=O) groups is 1. The number of amides is 1. The molecule has 0 saturated carbocycles. The molecule has 31 heavy (non-hydrogen) atoms. The third kappa shape index (κ3) is 3.98. The molecule has 8 heteroatoms. The normalized spacial score (nSPS) is 19.8. The first-order valence-electron chi connectivity index (χ1n) is 10.5. The summed E-state index contributed by atoms with van der Waals surface area (Å²) in [7, 11) is 0. The van der Waals surface area contributed by atoms with Gasteiger partial charge < -0.3 is 18.8 Å². The van der Waals surface area contributed by atoms with E-state index in [1.807, 2.05) is 59.5 Å². The van der Waals surface area contributed by atoms with Crippen LogP contribution in [0.4, 0.5) is 0 Å². The number of ether oxygens (including phenoxy) is 2. The smallest absolute Gasteiger partial charge is 0.267 e. The monoisotopic (exact) mass is 420 g/mol. The first-order valence-corrected chi connectivity index (χ1v) is 10.5. The van der Waals surface area contributed by atoms with Gasteiger partial charge in [-0.25, -0.2) is 0 Å². The van der Waals surface area contributed by atoms with Crippen LogP contribution in [-0.4, -0.2) is 64.8 Å². The van der Waals surface area contributed by atoms with Crippen LogP contribution in [-0.2, 0) is 4.79 Å². The molecule has 1 fully saturated rings. The minimum absolute atomic E-state index is 0.0247. The van der Waals surface area contributed by atoms with Crippen LogP contribution in [0.3, 0.4) is 0 Å². The van der Waals surface area contributed by atoms with Crippen LogP contribution in [0.1, 0.15) is 18.9 Å². The zero-order chi connectivity index (χ0) is 21.2. The fourth-order valence-corrected chi connectivity index (χ4v) is 3.93. The van der Waals surface area contributed by atoms with Crippen molar-refractivity contribution in [2.75, 3.05) is 32.8 Å². The number of para-hydroxylation sites is 2. The minimum Gasteiger partial charge on any atom is -0.485 e. The van der Waals surface area contributed by atoms with Gasteiger partial charge in [-0.1, -0.05) is 30.3 Å². The third-order valence-electron chi connectivity index (χ3n) is 5.78.